The zero-order valence-corrected chi connectivity index (χ0v) is 14.2. The van der Waals surface area contributed by atoms with Crippen LogP contribution in [0.5, 0.6) is 0 Å². The lowest BCUT2D eigenvalue weighted by molar-refractivity contribution is -0.488. The maximum Gasteiger partial charge on any atom is 0.324 e. The molecule has 0 aliphatic heterocycles. The predicted molar refractivity (Wildman–Crippen MR) is 92.1 cm³/mol. The predicted octanol–water partition coefficient (Wildman–Crippen LogP) is 2.50. The SMILES string of the molecule is C=CCC(C(=O)OC)(C(=O)OC)[C@H](/C=C/c1ccccc1)C[N+](=O)[O-]. The van der Waals surface area contributed by atoms with Gasteiger partial charge in [-0.1, -0.05) is 48.6 Å². The highest BCUT2D eigenvalue weighted by molar-refractivity contribution is 6.01. The number of nitro groups is 1. The van der Waals surface area contributed by atoms with Crippen LogP contribution in [0.15, 0.2) is 49.1 Å². The van der Waals surface area contributed by atoms with Gasteiger partial charge in [0.05, 0.1) is 20.1 Å². The lowest BCUT2D eigenvalue weighted by atomic mass is 9.72. The average molecular weight is 347 g/mol. The van der Waals surface area contributed by atoms with Crippen molar-refractivity contribution in [1.82, 2.24) is 0 Å². The second-order valence-corrected chi connectivity index (χ2v) is 5.34. The standard InChI is InChI=1S/C18H21NO6/c1-4-12-18(16(20)24-2,17(21)25-3)15(13-19(22)23)11-10-14-8-6-5-7-9-14/h4-11,15H,1,12-13H2,2-3H3/b11-10+/t15-/m1/s1. The highest BCUT2D eigenvalue weighted by atomic mass is 16.6. The second-order valence-electron chi connectivity index (χ2n) is 5.34. The van der Waals surface area contributed by atoms with Gasteiger partial charge in [0, 0.05) is 4.92 Å². The van der Waals surface area contributed by atoms with Crippen molar-refractivity contribution < 1.29 is 24.0 Å². The van der Waals surface area contributed by atoms with Crippen molar-refractivity contribution in [1.29, 1.82) is 0 Å². The van der Waals surface area contributed by atoms with Crippen molar-refractivity contribution >= 4 is 18.0 Å². The van der Waals surface area contributed by atoms with Crippen molar-refractivity contribution in [3.63, 3.8) is 0 Å². The molecule has 0 saturated carbocycles. The van der Waals surface area contributed by atoms with Crippen molar-refractivity contribution in [2.75, 3.05) is 20.8 Å². The van der Waals surface area contributed by atoms with Gasteiger partial charge in [0.1, 0.15) is 0 Å². The molecule has 1 aromatic carbocycles. The lowest BCUT2D eigenvalue weighted by Gasteiger charge is -2.31. The number of hydrogen-bond donors (Lipinski definition) is 0. The minimum Gasteiger partial charge on any atom is -0.468 e. The molecule has 0 amide bonds. The first-order chi connectivity index (χ1) is 11.9. The molecule has 0 unspecified atom stereocenters. The topological polar surface area (TPSA) is 95.7 Å². The summed E-state index contributed by atoms with van der Waals surface area (Å²) < 4.78 is 9.52. The van der Waals surface area contributed by atoms with Gasteiger partial charge < -0.3 is 9.47 Å². The van der Waals surface area contributed by atoms with Crippen LogP contribution in [0.1, 0.15) is 12.0 Å². The molecule has 0 aromatic heterocycles. The molecule has 25 heavy (non-hydrogen) atoms. The Morgan fingerprint density at radius 3 is 2.24 bits per heavy atom. The fourth-order valence-electron chi connectivity index (χ4n) is 2.63. The van der Waals surface area contributed by atoms with Crippen LogP contribution in [0.4, 0.5) is 0 Å². The number of allylic oxidation sites excluding steroid dienone is 1. The molecule has 0 spiro atoms. The minimum atomic E-state index is -1.87. The van der Waals surface area contributed by atoms with E-state index in [1.807, 2.05) is 6.07 Å². The number of esters is 2. The average Bonchev–Trinajstić information content (AvgIpc) is 2.62. The Morgan fingerprint density at radius 1 is 1.24 bits per heavy atom. The van der Waals surface area contributed by atoms with E-state index in [0.29, 0.717) is 0 Å². The largest absolute Gasteiger partial charge is 0.468 e. The Kier molecular flexibility index (Phi) is 7.52. The molecule has 0 aliphatic rings. The maximum absolute atomic E-state index is 12.4. The maximum atomic E-state index is 12.4. The molecular weight excluding hydrogens is 326 g/mol. The van der Waals surface area contributed by atoms with E-state index < -0.39 is 34.7 Å². The number of nitrogens with zero attached hydrogens (tertiary/aromatic N) is 1. The quantitative estimate of drug-likeness (QED) is 0.224. The summed E-state index contributed by atoms with van der Waals surface area (Å²) in [7, 11) is 2.24. The summed E-state index contributed by atoms with van der Waals surface area (Å²) in [5.74, 6) is -2.87. The molecule has 134 valence electrons. The van der Waals surface area contributed by atoms with Gasteiger partial charge in [-0.25, -0.2) is 0 Å². The van der Waals surface area contributed by atoms with Gasteiger partial charge in [-0.2, -0.15) is 0 Å². The second kappa shape index (κ2) is 9.36. The fourth-order valence-corrected chi connectivity index (χ4v) is 2.63. The summed E-state index contributed by atoms with van der Waals surface area (Å²) in [5, 5.41) is 11.1. The Morgan fingerprint density at radius 2 is 1.80 bits per heavy atom. The Balaban J connectivity index is 3.43. The van der Waals surface area contributed by atoms with Crippen LogP contribution in [-0.4, -0.2) is 37.6 Å². The van der Waals surface area contributed by atoms with Crippen LogP contribution in [0.3, 0.4) is 0 Å². The molecule has 7 nitrogen and oxygen atoms in total. The van der Waals surface area contributed by atoms with Gasteiger partial charge in [0.25, 0.3) is 0 Å². The third-order valence-electron chi connectivity index (χ3n) is 3.86. The zero-order valence-electron chi connectivity index (χ0n) is 14.2. The number of rotatable bonds is 9. The molecule has 0 fully saturated rings. The van der Waals surface area contributed by atoms with Crippen molar-refractivity contribution in [3.05, 3.63) is 64.7 Å². The Bertz CT molecular complexity index is 637. The molecule has 0 heterocycles. The van der Waals surface area contributed by atoms with Crippen LogP contribution in [0, 0.1) is 21.4 Å². The van der Waals surface area contributed by atoms with E-state index >= 15 is 0 Å². The van der Waals surface area contributed by atoms with Crippen molar-refractivity contribution in [3.8, 4) is 0 Å². The van der Waals surface area contributed by atoms with Gasteiger partial charge in [0.15, 0.2) is 5.41 Å². The van der Waals surface area contributed by atoms with Crippen molar-refractivity contribution in [2.45, 2.75) is 6.42 Å². The summed E-state index contributed by atoms with van der Waals surface area (Å²) in [4.78, 5) is 35.4. The third-order valence-corrected chi connectivity index (χ3v) is 3.86. The number of carbonyl (C=O) groups is 2. The molecule has 0 aliphatic carbocycles. The summed E-state index contributed by atoms with van der Waals surface area (Å²) in [6, 6.07) is 9.03. The van der Waals surface area contributed by atoms with Crippen LogP contribution in [0.25, 0.3) is 6.08 Å². The zero-order chi connectivity index (χ0) is 18.9. The van der Waals surface area contributed by atoms with Crippen LogP contribution in [0.2, 0.25) is 0 Å². The molecule has 0 radical (unpaired) electrons. The number of benzene rings is 1. The third kappa shape index (κ3) is 4.76. The number of hydrogen-bond acceptors (Lipinski definition) is 6. The van der Waals surface area contributed by atoms with Gasteiger partial charge in [-0.3, -0.25) is 19.7 Å². The number of methoxy groups -OCH3 is 2. The molecule has 7 heteroatoms. The molecule has 1 rings (SSSR count). The molecule has 0 N–H and O–H groups in total. The molecule has 0 saturated heterocycles. The van der Waals surface area contributed by atoms with E-state index in [-0.39, 0.29) is 6.42 Å². The van der Waals surface area contributed by atoms with E-state index in [1.54, 1.807) is 30.3 Å². The normalized spacial score (nSPS) is 12.4. The molecular formula is C18H21NO6. The minimum absolute atomic E-state index is 0.149. The summed E-state index contributed by atoms with van der Waals surface area (Å²) >= 11 is 0. The summed E-state index contributed by atoms with van der Waals surface area (Å²) in [6.07, 6.45) is 4.29. The van der Waals surface area contributed by atoms with Gasteiger partial charge in [-0.05, 0) is 12.0 Å². The smallest absolute Gasteiger partial charge is 0.324 e. The number of ether oxygens (including phenoxy) is 2. The molecule has 0 bridgehead atoms. The molecule has 1 aromatic rings. The lowest BCUT2D eigenvalue weighted by Crippen LogP contribution is -2.48. The summed E-state index contributed by atoms with van der Waals surface area (Å²) in [5.41, 5.74) is -1.10. The first-order valence-electron chi connectivity index (χ1n) is 7.55. The Labute approximate surface area is 146 Å². The van der Waals surface area contributed by atoms with Crippen molar-refractivity contribution in [2.24, 2.45) is 11.3 Å². The number of carbonyl (C=O) groups excluding carboxylic acids is 2. The van der Waals surface area contributed by atoms with E-state index in [4.69, 9.17) is 9.47 Å². The highest BCUT2D eigenvalue weighted by Gasteiger charge is 2.54. The highest BCUT2D eigenvalue weighted by Crippen LogP contribution is 2.37. The van der Waals surface area contributed by atoms with E-state index in [0.717, 1.165) is 19.8 Å². The van der Waals surface area contributed by atoms with Crippen LogP contribution < -0.4 is 0 Å². The Hall–Kier alpha value is -2.96. The monoisotopic (exact) mass is 347 g/mol. The van der Waals surface area contributed by atoms with Gasteiger partial charge in [0.2, 0.25) is 6.54 Å². The molecule has 1 atom stereocenters. The van der Waals surface area contributed by atoms with E-state index in [9.17, 15) is 19.7 Å². The first-order valence-corrected chi connectivity index (χ1v) is 7.55. The van der Waals surface area contributed by atoms with Crippen LogP contribution >= 0.6 is 0 Å². The van der Waals surface area contributed by atoms with Gasteiger partial charge in [-0.15, -0.1) is 6.58 Å². The summed E-state index contributed by atoms with van der Waals surface area (Å²) in [6.45, 7) is 2.91. The van der Waals surface area contributed by atoms with E-state index in [2.05, 4.69) is 6.58 Å². The first kappa shape index (κ1) is 20.1. The fraction of sp³-hybridized carbons (Fsp3) is 0.333. The van der Waals surface area contributed by atoms with Gasteiger partial charge >= 0.3 is 11.9 Å². The van der Waals surface area contributed by atoms with E-state index in [1.165, 1.54) is 12.2 Å². The van der Waals surface area contributed by atoms with Crippen LogP contribution in [-0.2, 0) is 19.1 Å².